The molecule has 256 valence electrons. The lowest BCUT2D eigenvalue weighted by Gasteiger charge is -2.13. The minimum Gasteiger partial charge on any atom is -0.247 e. The van der Waals surface area contributed by atoms with Gasteiger partial charge in [0.2, 0.25) is 0 Å². The van der Waals surface area contributed by atoms with Crippen LogP contribution in [0.25, 0.3) is 108 Å². The lowest BCUT2D eigenvalue weighted by atomic mass is 9.91. The number of fused-ring (bicyclic) bond motifs is 9. The van der Waals surface area contributed by atoms with Crippen molar-refractivity contribution in [3.8, 4) is 54.4 Å². The SMILES string of the molecule is c1ccc(-c2sc(-c3ccccc3)c3c2c(-c2ccc(-c4cccc(-c5ccc6c7ccccc7c7ccccc7c6c5)c4)cc2)nc2ccccc23)cc1. The molecule has 9 aromatic carbocycles. The molecule has 0 fully saturated rings. The molecule has 0 saturated carbocycles. The Morgan fingerprint density at radius 3 is 1.35 bits per heavy atom. The summed E-state index contributed by atoms with van der Waals surface area (Å²) in [5, 5.41) is 11.4. The summed E-state index contributed by atoms with van der Waals surface area (Å²) >= 11 is 1.86. The molecule has 0 unspecified atom stereocenters. The topological polar surface area (TPSA) is 12.9 Å². The fraction of sp³-hybridized carbons (Fsp3) is 0. The summed E-state index contributed by atoms with van der Waals surface area (Å²) in [6.45, 7) is 0. The van der Waals surface area contributed by atoms with E-state index in [1.807, 2.05) is 11.3 Å². The highest BCUT2D eigenvalue weighted by Gasteiger charge is 2.22. The van der Waals surface area contributed by atoms with E-state index in [0.717, 1.165) is 16.8 Å². The van der Waals surface area contributed by atoms with Crippen LogP contribution in [0.1, 0.15) is 0 Å². The van der Waals surface area contributed by atoms with E-state index in [1.165, 1.54) is 91.6 Å². The largest absolute Gasteiger partial charge is 0.247 e. The third-order valence-corrected chi connectivity index (χ3v) is 12.3. The molecule has 0 atom stereocenters. The molecule has 1 nitrogen and oxygen atoms in total. The van der Waals surface area contributed by atoms with Crippen molar-refractivity contribution in [1.82, 2.24) is 4.98 Å². The van der Waals surface area contributed by atoms with Gasteiger partial charge in [0, 0.05) is 31.5 Å². The van der Waals surface area contributed by atoms with Gasteiger partial charge in [-0.05, 0) is 83.9 Å². The van der Waals surface area contributed by atoms with Gasteiger partial charge in [-0.2, -0.15) is 0 Å². The number of hydrogen-bond donors (Lipinski definition) is 0. The van der Waals surface area contributed by atoms with Crippen molar-refractivity contribution < 1.29 is 0 Å². The molecule has 11 aromatic rings. The fourth-order valence-corrected chi connectivity index (χ4v) is 9.78. The normalized spacial score (nSPS) is 11.6. The summed E-state index contributed by atoms with van der Waals surface area (Å²) < 4.78 is 0. The Morgan fingerprint density at radius 1 is 0.273 bits per heavy atom. The highest BCUT2D eigenvalue weighted by molar-refractivity contribution is 7.21. The quantitative estimate of drug-likeness (QED) is 0.162. The average molecular weight is 716 g/mol. The van der Waals surface area contributed by atoms with Crippen LogP contribution in [0.15, 0.2) is 200 Å². The van der Waals surface area contributed by atoms with Crippen LogP contribution >= 0.6 is 11.3 Å². The van der Waals surface area contributed by atoms with Gasteiger partial charge < -0.3 is 0 Å². The first-order chi connectivity index (χ1) is 27.3. The van der Waals surface area contributed by atoms with Gasteiger partial charge in [0.1, 0.15) is 0 Å². The minimum absolute atomic E-state index is 1.01. The van der Waals surface area contributed by atoms with Crippen LogP contribution in [-0.4, -0.2) is 4.98 Å². The molecular formula is C53H33NS. The van der Waals surface area contributed by atoms with Crippen LogP contribution in [0, 0.1) is 0 Å². The Bertz CT molecular complexity index is 3200. The maximum absolute atomic E-state index is 5.39. The standard InChI is InChI=1S/C53H33NS/c1-3-14-36(15-4-1)52-49-46-24-11-12-25-48(46)54-51(50(49)53(55-52)37-16-5-2-6-17-37)35-28-26-34(27-29-35)38-18-13-19-39(32-38)40-30-31-45-43-22-8-7-20-41(43)42-21-9-10-23-44(42)47(45)33-40/h1-33H. The first-order valence-electron chi connectivity index (χ1n) is 18.8. The van der Waals surface area contributed by atoms with E-state index in [9.17, 15) is 0 Å². The van der Waals surface area contributed by atoms with Gasteiger partial charge in [-0.15, -0.1) is 11.3 Å². The molecule has 0 saturated heterocycles. The Labute approximate surface area is 323 Å². The van der Waals surface area contributed by atoms with Crippen molar-refractivity contribution in [2.45, 2.75) is 0 Å². The highest BCUT2D eigenvalue weighted by atomic mass is 32.1. The number of benzene rings is 9. The van der Waals surface area contributed by atoms with Gasteiger partial charge in [-0.3, -0.25) is 0 Å². The van der Waals surface area contributed by atoms with E-state index in [1.54, 1.807) is 0 Å². The van der Waals surface area contributed by atoms with Gasteiger partial charge in [-0.25, -0.2) is 4.98 Å². The molecule has 0 aliphatic rings. The second-order valence-corrected chi connectivity index (χ2v) is 15.3. The van der Waals surface area contributed by atoms with Crippen molar-refractivity contribution in [2.24, 2.45) is 0 Å². The predicted molar refractivity (Wildman–Crippen MR) is 237 cm³/mol. The van der Waals surface area contributed by atoms with Crippen LogP contribution < -0.4 is 0 Å². The summed E-state index contributed by atoms with van der Waals surface area (Å²) in [7, 11) is 0. The van der Waals surface area contributed by atoms with E-state index in [2.05, 4.69) is 200 Å². The van der Waals surface area contributed by atoms with Gasteiger partial charge >= 0.3 is 0 Å². The summed E-state index contributed by atoms with van der Waals surface area (Å²) in [6, 6.07) is 72.6. The maximum atomic E-state index is 5.39. The van der Waals surface area contributed by atoms with Crippen LogP contribution in [-0.2, 0) is 0 Å². The zero-order valence-electron chi connectivity index (χ0n) is 29.9. The first-order valence-corrected chi connectivity index (χ1v) is 19.6. The van der Waals surface area contributed by atoms with E-state index in [-0.39, 0.29) is 0 Å². The Morgan fingerprint density at radius 2 is 0.709 bits per heavy atom. The van der Waals surface area contributed by atoms with Crippen molar-refractivity contribution in [2.75, 3.05) is 0 Å². The smallest absolute Gasteiger partial charge is 0.0803 e. The maximum Gasteiger partial charge on any atom is 0.0803 e. The molecule has 2 heterocycles. The number of thiophene rings is 1. The van der Waals surface area contributed by atoms with Crippen molar-refractivity contribution in [1.29, 1.82) is 0 Å². The van der Waals surface area contributed by atoms with Gasteiger partial charge in [0.15, 0.2) is 0 Å². The van der Waals surface area contributed by atoms with E-state index in [4.69, 9.17) is 4.98 Å². The number of aromatic nitrogens is 1. The zero-order chi connectivity index (χ0) is 36.3. The second kappa shape index (κ2) is 12.9. The number of nitrogens with zero attached hydrogens (tertiary/aromatic N) is 1. The predicted octanol–water partition coefficient (Wildman–Crippen LogP) is 15.2. The summed E-state index contributed by atoms with van der Waals surface area (Å²) in [4.78, 5) is 7.92. The molecule has 0 amide bonds. The first kappa shape index (κ1) is 31.6. The monoisotopic (exact) mass is 715 g/mol. The second-order valence-electron chi connectivity index (χ2n) is 14.2. The third kappa shape index (κ3) is 5.26. The van der Waals surface area contributed by atoms with Crippen molar-refractivity contribution in [3.05, 3.63) is 200 Å². The minimum atomic E-state index is 1.01. The molecule has 0 radical (unpaired) electrons. The number of hydrogen-bond acceptors (Lipinski definition) is 2. The highest BCUT2D eigenvalue weighted by Crippen LogP contribution is 2.50. The van der Waals surface area contributed by atoms with Gasteiger partial charge in [-0.1, -0.05) is 182 Å². The molecule has 11 rings (SSSR count). The number of rotatable bonds is 5. The van der Waals surface area contributed by atoms with Gasteiger partial charge in [0.25, 0.3) is 0 Å². The lowest BCUT2D eigenvalue weighted by Crippen LogP contribution is -1.90. The molecular weight excluding hydrogens is 683 g/mol. The van der Waals surface area contributed by atoms with Crippen LogP contribution in [0.4, 0.5) is 0 Å². The fourth-order valence-electron chi connectivity index (χ4n) is 8.45. The summed E-state index contributed by atoms with van der Waals surface area (Å²) in [5.74, 6) is 0. The van der Waals surface area contributed by atoms with E-state index >= 15 is 0 Å². The summed E-state index contributed by atoms with van der Waals surface area (Å²) in [6.07, 6.45) is 0. The molecule has 0 N–H and O–H groups in total. The number of para-hydroxylation sites is 1. The Hall–Kier alpha value is -6.87. The molecule has 2 heteroatoms. The number of pyridine rings is 1. The average Bonchev–Trinajstić information content (AvgIpc) is 3.68. The van der Waals surface area contributed by atoms with Crippen LogP contribution in [0.5, 0.6) is 0 Å². The molecule has 55 heavy (non-hydrogen) atoms. The van der Waals surface area contributed by atoms with Crippen LogP contribution in [0.2, 0.25) is 0 Å². The molecule has 2 aromatic heterocycles. The Balaban J connectivity index is 1.04. The van der Waals surface area contributed by atoms with E-state index < -0.39 is 0 Å². The molecule has 0 bridgehead atoms. The van der Waals surface area contributed by atoms with Gasteiger partial charge in [0.05, 0.1) is 11.2 Å². The Kier molecular flexibility index (Phi) is 7.43. The lowest BCUT2D eigenvalue weighted by molar-refractivity contribution is 1.43. The summed E-state index contributed by atoms with van der Waals surface area (Å²) in [5.41, 5.74) is 10.4. The zero-order valence-corrected chi connectivity index (χ0v) is 30.7. The molecule has 0 aliphatic heterocycles. The molecule has 0 spiro atoms. The van der Waals surface area contributed by atoms with Crippen LogP contribution in [0.3, 0.4) is 0 Å². The van der Waals surface area contributed by atoms with E-state index in [0.29, 0.717) is 0 Å². The molecule has 0 aliphatic carbocycles. The van der Waals surface area contributed by atoms with Crippen molar-refractivity contribution >= 4 is 65.3 Å². The van der Waals surface area contributed by atoms with Crippen molar-refractivity contribution in [3.63, 3.8) is 0 Å². The third-order valence-electron chi connectivity index (χ3n) is 11.1.